The average molecular weight is 366 g/mol. The molecule has 2 aliphatic rings. The van der Waals surface area contributed by atoms with E-state index >= 15 is 0 Å². The number of aliphatic hydroxyl groups is 1. The van der Waals surface area contributed by atoms with E-state index in [1.807, 2.05) is 6.07 Å². The van der Waals surface area contributed by atoms with Crippen molar-refractivity contribution in [2.45, 2.75) is 31.9 Å². The molecule has 7 nitrogen and oxygen atoms in total. The van der Waals surface area contributed by atoms with Crippen molar-refractivity contribution in [2.24, 2.45) is 4.99 Å². The number of benzene rings is 1. The van der Waals surface area contributed by atoms with Crippen molar-refractivity contribution < 1.29 is 22.8 Å². The summed E-state index contributed by atoms with van der Waals surface area (Å²) >= 11 is 0. The molecule has 0 amide bonds. The van der Waals surface area contributed by atoms with Crippen molar-refractivity contribution in [3.63, 3.8) is 0 Å². The average Bonchev–Trinajstić information content (AvgIpc) is 2.74. The first kappa shape index (κ1) is 17.9. The lowest BCUT2D eigenvalue weighted by atomic mass is 9.94. The quantitative estimate of drug-likeness (QED) is 0.748. The monoisotopic (exact) mass is 366 g/mol. The van der Waals surface area contributed by atoms with Crippen molar-refractivity contribution in [2.75, 3.05) is 19.9 Å². The molecule has 1 aromatic heterocycles. The van der Waals surface area contributed by atoms with Gasteiger partial charge in [0.05, 0.1) is 44.0 Å². The van der Waals surface area contributed by atoms with Gasteiger partial charge in [-0.3, -0.25) is 9.55 Å². The Hall–Kier alpha value is -1.90. The molecule has 1 aromatic carbocycles. The highest BCUT2D eigenvalue weighted by molar-refractivity contribution is 7.85. The number of aromatic nitrogens is 1. The predicted molar refractivity (Wildman–Crippen MR) is 96.3 cm³/mol. The minimum Gasteiger partial charge on any atom is -0.497 e. The van der Waals surface area contributed by atoms with Crippen molar-refractivity contribution in [1.82, 2.24) is 4.57 Å². The minimum atomic E-state index is -3.67. The summed E-state index contributed by atoms with van der Waals surface area (Å²) in [5, 5.41) is 11.3. The molecule has 0 saturated carbocycles. The van der Waals surface area contributed by atoms with Crippen LogP contribution in [0.15, 0.2) is 23.2 Å². The Balaban J connectivity index is 0.000000324. The lowest BCUT2D eigenvalue weighted by molar-refractivity contribution is 0.166. The highest BCUT2D eigenvalue weighted by Crippen LogP contribution is 2.35. The van der Waals surface area contributed by atoms with Gasteiger partial charge < -0.3 is 14.4 Å². The van der Waals surface area contributed by atoms with Crippen LogP contribution in [-0.4, -0.2) is 54.4 Å². The van der Waals surface area contributed by atoms with Crippen LogP contribution >= 0.6 is 0 Å². The van der Waals surface area contributed by atoms with E-state index in [1.165, 1.54) is 22.2 Å². The fraction of sp³-hybridized carbons (Fsp3) is 0.471. The molecular formula is C17H22N2O5S. The zero-order valence-electron chi connectivity index (χ0n) is 14.3. The van der Waals surface area contributed by atoms with Gasteiger partial charge in [-0.05, 0) is 43.0 Å². The molecule has 1 atom stereocenters. The highest BCUT2D eigenvalue weighted by atomic mass is 32.2. The van der Waals surface area contributed by atoms with E-state index in [9.17, 15) is 13.5 Å². The molecule has 2 N–H and O–H groups in total. The van der Waals surface area contributed by atoms with E-state index in [4.69, 9.17) is 9.29 Å². The Morgan fingerprint density at radius 1 is 1.32 bits per heavy atom. The first-order chi connectivity index (χ1) is 11.8. The maximum atomic E-state index is 10.1. The summed E-state index contributed by atoms with van der Waals surface area (Å²) in [4.78, 5) is 4.63. The zero-order valence-corrected chi connectivity index (χ0v) is 15.1. The van der Waals surface area contributed by atoms with Gasteiger partial charge in [-0.15, -0.1) is 0 Å². The van der Waals surface area contributed by atoms with Gasteiger partial charge in [0, 0.05) is 10.9 Å². The maximum absolute atomic E-state index is 10.1. The largest absolute Gasteiger partial charge is 0.497 e. The molecule has 4 rings (SSSR count). The van der Waals surface area contributed by atoms with Crippen LogP contribution in [0.25, 0.3) is 10.9 Å². The highest BCUT2D eigenvalue weighted by Gasteiger charge is 2.27. The summed E-state index contributed by atoms with van der Waals surface area (Å²) < 4.78 is 33.5. The van der Waals surface area contributed by atoms with Crippen LogP contribution in [0.5, 0.6) is 5.75 Å². The van der Waals surface area contributed by atoms with Crippen LogP contribution in [0.3, 0.4) is 0 Å². The number of hydrogen-bond donors (Lipinski definition) is 2. The SMILES string of the molecule is COc1ccc2c(c1)c1c3n2CC(O)CN=C3CCC1.CS(=O)(=O)O. The molecule has 25 heavy (non-hydrogen) atoms. The molecule has 8 heteroatoms. The van der Waals surface area contributed by atoms with Gasteiger partial charge in [0.25, 0.3) is 10.1 Å². The Kier molecular flexibility index (Phi) is 4.86. The van der Waals surface area contributed by atoms with Gasteiger partial charge in [0.1, 0.15) is 5.75 Å². The van der Waals surface area contributed by atoms with Crippen LogP contribution in [0.2, 0.25) is 0 Å². The number of aliphatic imine (C=N–C) groups is 1. The molecule has 0 fully saturated rings. The van der Waals surface area contributed by atoms with E-state index in [2.05, 4.69) is 21.7 Å². The first-order valence-electron chi connectivity index (χ1n) is 8.11. The minimum absolute atomic E-state index is 0.394. The fourth-order valence-electron chi connectivity index (χ4n) is 3.49. The second kappa shape index (κ2) is 6.78. The summed E-state index contributed by atoms with van der Waals surface area (Å²) in [6.07, 6.45) is 3.56. The normalized spacial score (nSPS) is 19.4. The van der Waals surface area contributed by atoms with Gasteiger partial charge in [0.2, 0.25) is 0 Å². The molecule has 136 valence electrons. The van der Waals surface area contributed by atoms with E-state index in [0.717, 1.165) is 30.7 Å². The van der Waals surface area contributed by atoms with E-state index in [-0.39, 0.29) is 0 Å². The number of hydrogen-bond acceptors (Lipinski definition) is 5. The number of aliphatic hydroxyl groups excluding tert-OH is 1. The smallest absolute Gasteiger partial charge is 0.261 e. The number of methoxy groups -OCH3 is 1. The van der Waals surface area contributed by atoms with Crippen molar-refractivity contribution in [3.8, 4) is 5.75 Å². The van der Waals surface area contributed by atoms with Crippen molar-refractivity contribution in [1.29, 1.82) is 0 Å². The molecular weight excluding hydrogens is 344 g/mol. The molecule has 1 unspecified atom stereocenters. The standard InChI is InChI=1S/C16H18N2O2.CH4O3S/c1-20-11-5-6-15-13(7-11)12-3-2-4-14-16(12)18(15)9-10(19)8-17-14;1-5(2,3)4/h5-7,10,19H,2-4,8-9H2,1H3;1H3,(H,2,3,4). The van der Waals surface area contributed by atoms with Crippen LogP contribution in [0.4, 0.5) is 0 Å². The van der Waals surface area contributed by atoms with Crippen molar-refractivity contribution >= 4 is 26.7 Å². The molecule has 0 saturated heterocycles. The lowest BCUT2D eigenvalue weighted by Crippen LogP contribution is -2.18. The third-order valence-corrected chi connectivity index (χ3v) is 4.38. The molecule has 0 radical (unpaired) electrons. The topological polar surface area (TPSA) is 101 Å². The summed E-state index contributed by atoms with van der Waals surface area (Å²) in [5.41, 5.74) is 4.97. The Morgan fingerprint density at radius 3 is 2.72 bits per heavy atom. The summed E-state index contributed by atoms with van der Waals surface area (Å²) in [6.45, 7) is 1.15. The van der Waals surface area contributed by atoms with Gasteiger partial charge in [-0.1, -0.05) is 0 Å². The van der Waals surface area contributed by atoms with E-state index in [0.29, 0.717) is 19.3 Å². The van der Waals surface area contributed by atoms with Gasteiger partial charge >= 0.3 is 0 Å². The third-order valence-electron chi connectivity index (χ3n) is 4.38. The van der Waals surface area contributed by atoms with Crippen LogP contribution in [0.1, 0.15) is 24.1 Å². The maximum Gasteiger partial charge on any atom is 0.261 e. The number of nitrogens with zero attached hydrogens (tertiary/aromatic N) is 2. The Morgan fingerprint density at radius 2 is 2.04 bits per heavy atom. The molecule has 0 bridgehead atoms. The summed E-state index contributed by atoms with van der Waals surface area (Å²) in [6, 6.07) is 6.20. The number of ether oxygens (including phenoxy) is 1. The molecule has 1 aliphatic heterocycles. The number of rotatable bonds is 1. The Labute approximate surface area is 146 Å². The summed E-state index contributed by atoms with van der Waals surface area (Å²) in [7, 11) is -1.97. The summed E-state index contributed by atoms with van der Waals surface area (Å²) in [5.74, 6) is 0.888. The zero-order chi connectivity index (χ0) is 18.2. The molecule has 0 spiro atoms. The first-order valence-corrected chi connectivity index (χ1v) is 9.96. The van der Waals surface area contributed by atoms with E-state index < -0.39 is 16.2 Å². The third kappa shape index (κ3) is 3.86. The van der Waals surface area contributed by atoms with Crippen molar-refractivity contribution in [3.05, 3.63) is 29.5 Å². The van der Waals surface area contributed by atoms with Gasteiger partial charge in [-0.25, -0.2) is 0 Å². The fourth-order valence-corrected chi connectivity index (χ4v) is 3.49. The van der Waals surface area contributed by atoms with Crippen LogP contribution < -0.4 is 4.74 Å². The predicted octanol–water partition coefficient (Wildman–Crippen LogP) is 1.65. The van der Waals surface area contributed by atoms with Gasteiger partial charge in [0.15, 0.2) is 0 Å². The number of fused-ring (bicyclic) bond motifs is 3. The molecule has 1 aliphatic carbocycles. The molecule has 2 heterocycles. The lowest BCUT2D eigenvalue weighted by Gasteiger charge is -2.16. The van der Waals surface area contributed by atoms with Crippen LogP contribution in [0, 0.1) is 0 Å². The van der Waals surface area contributed by atoms with Gasteiger partial charge in [-0.2, -0.15) is 8.42 Å². The second-order valence-electron chi connectivity index (χ2n) is 6.35. The Bertz CT molecular complexity index is 922. The van der Waals surface area contributed by atoms with E-state index in [1.54, 1.807) is 7.11 Å². The second-order valence-corrected chi connectivity index (χ2v) is 7.81. The number of aryl methyl sites for hydroxylation is 1. The molecule has 2 aromatic rings. The van der Waals surface area contributed by atoms with Crippen LogP contribution in [-0.2, 0) is 23.1 Å².